The lowest BCUT2D eigenvalue weighted by molar-refractivity contribution is -0.308. The molecule has 0 unspecified atom stereocenters. The van der Waals surface area contributed by atoms with Crippen molar-refractivity contribution in [2.75, 3.05) is 26.4 Å². The molecule has 312 valence electrons. The number of aliphatic hydroxyl groups is 3. The Kier molecular flexibility index (Phi) is 12.9. The van der Waals surface area contributed by atoms with Gasteiger partial charge < -0.3 is 48.6 Å². The Morgan fingerprint density at radius 1 is 0.946 bits per heavy atom. The van der Waals surface area contributed by atoms with Gasteiger partial charge in [-0.1, -0.05) is 30.7 Å². The van der Waals surface area contributed by atoms with Gasteiger partial charge in [-0.15, -0.1) is 0 Å². The molecule has 0 amide bonds. The number of hydrogen-bond donors (Lipinski definition) is 3. The third-order valence-corrected chi connectivity index (χ3v) is 12.6. The second-order valence-electron chi connectivity index (χ2n) is 16.0. The van der Waals surface area contributed by atoms with E-state index in [1.807, 2.05) is 0 Å². The Bertz CT molecular complexity index is 1650. The quantitative estimate of drug-likeness (QED) is 0.105. The predicted molar refractivity (Wildman–Crippen MR) is 191 cm³/mol. The zero-order valence-corrected chi connectivity index (χ0v) is 32.9. The van der Waals surface area contributed by atoms with E-state index in [2.05, 4.69) is 5.16 Å². The molecule has 3 saturated carbocycles. The molecule has 3 N–H and O–H groups in total. The summed E-state index contributed by atoms with van der Waals surface area (Å²) in [6, 6.07) is 0. The number of esters is 4. The van der Waals surface area contributed by atoms with Crippen LogP contribution < -0.4 is 0 Å². The minimum atomic E-state index is -2.09. The fourth-order valence-electron chi connectivity index (χ4n) is 10.1. The van der Waals surface area contributed by atoms with Crippen LogP contribution in [0.3, 0.4) is 0 Å². The third-order valence-electron chi connectivity index (χ3n) is 12.6. The van der Waals surface area contributed by atoms with E-state index in [4.69, 9.17) is 33.3 Å². The summed E-state index contributed by atoms with van der Waals surface area (Å²) in [5.74, 6) is -5.20. The fraction of sp³-hybridized carbons (Fsp3) is 0.744. The van der Waals surface area contributed by atoms with Gasteiger partial charge in [0.05, 0.1) is 12.7 Å². The van der Waals surface area contributed by atoms with Crippen molar-refractivity contribution in [2.45, 2.75) is 129 Å². The Morgan fingerprint density at radius 2 is 1.59 bits per heavy atom. The molecule has 1 aliphatic heterocycles. The van der Waals surface area contributed by atoms with Gasteiger partial charge in [0.15, 0.2) is 36.1 Å². The second kappa shape index (κ2) is 16.6. The first kappa shape index (κ1) is 43.4. The summed E-state index contributed by atoms with van der Waals surface area (Å²) >= 11 is 0. The van der Waals surface area contributed by atoms with Crippen LogP contribution in [0, 0.1) is 28.6 Å². The lowest BCUT2D eigenvalue weighted by Gasteiger charge is -2.62. The van der Waals surface area contributed by atoms with Crippen LogP contribution in [0.5, 0.6) is 0 Å². The minimum absolute atomic E-state index is 0.0328. The zero-order chi connectivity index (χ0) is 41.4. The molecule has 0 aromatic carbocycles. The number of carbonyl (C=O) groups excluding carboxylic acids is 5. The smallest absolute Gasteiger partial charge is 0.303 e. The standard InChI is InChI=1S/C39H54FNO15/c1-20-15-28-27-10-9-25-16-26(11-12-36(25,6)38(27,40)30(47)17-37(28,7)39(20,49)31(48)18-42)41-52-14-8-13-50-35-34(55-24(5)46)33(54-23(4)45)32(53-22(3)44)29(56-35)19-51-21(2)43/h11-12,16,20,27-30,32-35,42,47,49H,8-10,13-15,17-19H2,1-7H3/b41-26-/t20-,27+,28+,29-,30+,32-,33+,34+,35+,36+,37+,38+,39+/m1/s1. The predicted octanol–water partition coefficient (Wildman–Crippen LogP) is 2.19. The highest BCUT2D eigenvalue weighted by molar-refractivity contribution is 6.05. The number of Topliss-reactive ketones (excluding diaryl/α,β-unsaturated/α-hetero) is 1. The van der Waals surface area contributed by atoms with Crippen LogP contribution in [-0.2, 0) is 57.2 Å². The Labute approximate surface area is 324 Å². The van der Waals surface area contributed by atoms with Crippen LogP contribution in [0.4, 0.5) is 4.39 Å². The van der Waals surface area contributed by atoms with E-state index in [-0.39, 0.29) is 26.1 Å². The zero-order valence-electron chi connectivity index (χ0n) is 32.9. The molecule has 17 heteroatoms. The maximum absolute atomic E-state index is 17.7. The normalized spacial score (nSPS) is 40.7. The van der Waals surface area contributed by atoms with Gasteiger partial charge in [0.2, 0.25) is 0 Å². The number of oxime groups is 1. The maximum Gasteiger partial charge on any atom is 0.303 e. The largest absolute Gasteiger partial charge is 0.463 e. The molecule has 5 aliphatic rings. The number of halogens is 1. The number of alkyl halides is 1. The van der Waals surface area contributed by atoms with Crippen LogP contribution in [-0.4, -0.2) is 125 Å². The van der Waals surface area contributed by atoms with E-state index in [9.17, 15) is 39.3 Å². The average molecular weight is 796 g/mol. The Hall–Kier alpha value is -3.77. The molecule has 0 radical (unpaired) electrons. The van der Waals surface area contributed by atoms with E-state index >= 15 is 4.39 Å². The van der Waals surface area contributed by atoms with Gasteiger partial charge >= 0.3 is 23.9 Å². The van der Waals surface area contributed by atoms with Gasteiger partial charge in [-0.2, -0.15) is 0 Å². The molecular formula is C39H54FNO15. The number of ether oxygens (including phenoxy) is 6. The van der Waals surface area contributed by atoms with Gasteiger partial charge in [0, 0.05) is 50.9 Å². The van der Waals surface area contributed by atoms with E-state index in [0.29, 0.717) is 25.0 Å². The molecule has 4 fully saturated rings. The number of carbonyl (C=O) groups is 5. The number of ketones is 1. The van der Waals surface area contributed by atoms with E-state index < -0.39 is 120 Å². The van der Waals surface area contributed by atoms with E-state index in [1.165, 1.54) is 6.92 Å². The molecule has 0 aromatic rings. The molecule has 0 aromatic heterocycles. The highest BCUT2D eigenvalue weighted by Crippen LogP contribution is 2.70. The molecule has 0 bridgehead atoms. The molecule has 56 heavy (non-hydrogen) atoms. The van der Waals surface area contributed by atoms with Crippen molar-refractivity contribution < 1.29 is 76.9 Å². The molecule has 5 rings (SSSR count). The van der Waals surface area contributed by atoms with Crippen LogP contribution in [0.1, 0.15) is 80.6 Å². The minimum Gasteiger partial charge on any atom is -0.463 e. The van der Waals surface area contributed by atoms with Crippen LogP contribution in [0.15, 0.2) is 29.0 Å². The highest BCUT2D eigenvalue weighted by Gasteiger charge is 2.75. The summed E-state index contributed by atoms with van der Waals surface area (Å²) in [5.41, 5.74) is -5.13. The van der Waals surface area contributed by atoms with Crippen molar-refractivity contribution in [2.24, 2.45) is 33.7 Å². The third kappa shape index (κ3) is 7.64. The van der Waals surface area contributed by atoms with Gasteiger partial charge in [-0.3, -0.25) is 24.0 Å². The van der Waals surface area contributed by atoms with Gasteiger partial charge in [-0.05, 0) is 56.6 Å². The molecule has 1 heterocycles. The lowest BCUT2D eigenvalue weighted by Crippen LogP contribution is -2.69. The first-order chi connectivity index (χ1) is 26.2. The van der Waals surface area contributed by atoms with Crippen molar-refractivity contribution in [1.82, 2.24) is 0 Å². The summed E-state index contributed by atoms with van der Waals surface area (Å²) in [7, 11) is 0. The molecule has 16 nitrogen and oxygen atoms in total. The van der Waals surface area contributed by atoms with Gasteiger partial charge in [0.25, 0.3) is 0 Å². The Morgan fingerprint density at radius 3 is 2.21 bits per heavy atom. The summed E-state index contributed by atoms with van der Waals surface area (Å²) in [6.45, 7) is 8.56. The van der Waals surface area contributed by atoms with Crippen LogP contribution >= 0.6 is 0 Å². The topological polar surface area (TPSA) is 223 Å². The lowest BCUT2D eigenvalue weighted by atomic mass is 9.44. The molecule has 0 spiro atoms. The van der Waals surface area contributed by atoms with Crippen molar-refractivity contribution in [1.29, 1.82) is 0 Å². The summed E-state index contributed by atoms with van der Waals surface area (Å²) < 4.78 is 50.8. The SMILES string of the molecule is CC(=O)OC[C@H]1O[C@H](OCCCO/N=C2/C=C[C@@]3(C)C(=C2)CC[C@H]2[C@@H]4C[C@@H](C)[C@](O)(C(=O)CO)[C@@]4(C)C[C@H](O)[C@@]23F)[C@@H](OC(C)=O)[C@@H](OC(C)=O)[C@@H]1OC(C)=O. The number of nitrogens with zero attached hydrogens (tertiary/aromatic N) is 1. The molecule has 4 aliphatic carbocycles. The summed E-state index contributed by atoms with van der Waals surface area (Å²) in [4.78, 5) is 66.1. The van der Waals surface area contributed by atoms with Crippen LogP contribution in [0.25, 0.3) is 0 Å². The molecule has 13 atom stereocenters. The summed E-state index contributed by atoms with van der Waals surface area (Å²) in [6.07, 6.45) is -1.59. The van der Waals surface area contributed by atoms with E-state index in [1.54, 1.807) is 39.0 Å². The highest BCUT2D eigenvalue weighted by atomic mass is 19.1. The second-order valence-corrected chi connectivity index (χ2v) is 16.0. The first-order valence-corrected chi connectivity index (χ1v) is 19.0. The number of hydrogen-bond acceptors (Lipinski definition) is 16. The number of allylic oxidation sites excluding steroid dienone is 4. The van der Waals surface area contributed by atoms with E-state index in [0.717, 1.165) is 26.3 Å². The number of aliphatic hydroxyl groups excluding tert-OH is 2. The molecule has 1 saturated heterocycles. The van der Waals surface area contributed by atoms with Crippen molar-refractivity contribution in [3.8, 4) is 0 Å². The van der Waals surface area contributed by atoms with Crippen molar-refractivity contribution in [3.63, 3.8) is 0 Å². The van der Waals surface area contributed by atoms with Gasteiger partial charge in [0.1, 0.15) is 37.2 Å². The van der Waals surface area contributed by atoms with Crippen LogP contribution in [0.2, 0.25) is 0 Å². The monoisotopic (exact) mass is 795 g/mol. The summed E-state index contributed by atoms with van der Waals surface area (Å²) in [5, 5.41) is 37.2. The maximum atomic E-state index is 17.7. The van der Waals surface area contributed by atoms with Gasteiger partial charge in [-0.25, -0.2) is 4.39 Å². The average Bonchev–Trinajstić information content (AvgIpc) is 3.32. The Balaban J connectivity index is 1.24. The first-order valence-electron chi connectivity index (χ1n) is 19.0. The van der Waals surface area contributed by atoms with Crippen molar-refractivity contribution in [3.05, 3.63) is 23.8 Å². The number of rotatable bonds is 13. The molecular weight excluding hydrogens is 741 g/mol. The number of fused-ring (bicyclic) bond motifs is 5. The van der Waals surface area contributed by atoms with Crippen molar-refractivity contribution >= 4 is 35.4 Å². The fourth-order valence-corrected chi connectivity index (χ4v) is 10.1.